The van der Waals surface area contributed by atoms with E-state index in [0.717, 1.165) is 50.0 Å². The van der Waals surface area contributed by atoms with Crippen molar-refractivity contribution in [2.24, 2.45) is 46.3 Å². The van der Waals surface area contributed by atoms with Crippen LogP contribution in [0, 0.1) is 46.3 Å². The second kappa shape index (κ2) is 7.81. The van der Waals surface area contributed by atoms with Crippen LogP contribution in [0.25, 0.3) is 0 Å². The van der Waals surface area contributed by atoms with Crippen LogP contribution in [0.4, 0.5) is 0 Å². The highest BCUT2D eigenvalue weighted by Crippen LogP contribution is 2.71. The molecule has 0 aromatic rings. The normalized spacial score (nSPS) is 54.3. The highest BCUT2D eigenvalue weighted by Gasteiger charge is 2.68. The maximum Gasteiger partial charge on any atom is 0.302 e. The van der Waals surface area contributed by atoms with E-state index in [1.165, 1.54) is 32.1 Å². The molecule has 0 bridgehead atoms. The lowest BCUT2D eigenvalue weighted by Gasteiger charge is -2.59. The molecule has 34 heavy (non-hydrogen) atoms. The Labute approximate surface area is 206 Å². The zero-order valence-electron chi connectivity index (χ0n) is 22.3. The van der Waals surface area contributed by atoms with Crippen LogP contribution in [0.3, 0.4) is 0 Å². The first-order valence-corrected chi connectivity index (χ1v) is 14.3. The third-order valence-electron chi connectivity index (χ3n) is 12.0. The molecule has 2 heterocycles. The van der Waals surface area contributed by atoms with Crippen molar-refractivity contribution in [3.63, 3.8) is 0 Å². The topological polar surface area (TPSA) is 44.8 Å². The maximum atomic E-state index is 11.6. The third-order valence-corrected chi connectivity index (χ3v) is 12.0. The van der Waals surface area contributed by atoms with Crippen molar-refractivity contribution in [3.8, 4) is 0 Å². The lowest BCUT2D eigenvalue weighted by atomic mass is 9.46. The van der Waals surface area contributed by atoms with Gasteiger partial charge in [0.1, 0.15) is 6.10 Å². The summed E-state index contributed by atoms with van der Waals surface area (Å²) in [6, 6.07) is 0. The van der Waals surface area contributed by atoms with Crippen molar-refractivity contribution in [1.29, 1.82) is 0 Å². The Kier molecular flexibility index (Phi) is 5.41. The van der Waals surface area contributed by atoms with Crippen LogP contribution >= 0.6 is 0 Å². The van der Waals surface area contributed by atoms with Crippen LogP contribution in [-0.4, -0.2) is 30.6 Å². The predicted octanol–water partition coefficient (Wildman–Crippen LogP) is 6.67. The van der Waals surface area contributed by atoms with Gasteiger partial charge in [0.15, 0.2) is 5.79 Å². The van der Waals surface area contributed by atoms with Crippen LogP contribution in [0.1, 0.15) is 99.3 Å². The van der Waals surface area contributed by atoms with Crippen molar-refractivity contribution < 1.29 is 19.0 Å². The van der Waals surface area contributed by atoms with Crippen LogP contribution in [0.2, 0.25) is 0 Å². The fourth-order valence-corrected chi connectivity index (χ4v) is 10.4. The predicted molar refractivity (Wildman–Crippen MR) is 132 cm³/mol. The largest absolute Gasteiger partial charge is 0.462 e. The molecule has 1 spiro atoms. The minimum absolute atomic E-state index is 0.0791. The van der Waals surface area contributed by atoms with E-state index in [1.807, 2.05) is 0 Å². The molecule has 0 amide bonds. The summed E-state index contributed by atoms with van der Waals surface area (Å²) in [5.41, 5.74) is 3.86. The number of hydrogen-bond acceptors (Lipinski definition) is 4. The molecule has 4 nitrogen and oxygen atoms in total. The van der Waals surface area contributed by atoms with Crippen molar-refractivity contribution >= 4 is 5.97 Å². The van der Waals surface area contributed by atoms with Crippen LogP contribution in [-0.2, 0) is 19.0 Å². The maximum absolute atomic E-state index is 11.6. The van der Waals surface area contributed by atoms with Gasteiger partial charge in [0.25, 0.3) is 0 Å². The number of fused-ring (bicyclic) bond motifs is 7. The monoisotopic (exact) mass is 470 g/mol. The summed E-state index contributed by atoms with van der Waals surface area (Å²) < 4.78 is 19.1. The minimum atomic E-state index is -0.316. The average molecular weight is 471 g/mol. The molecule has 4 aliphatic carbocycles. The Bertz CT molecular complexity index is 884. The van der Waals surface area contributed by atoms with E-state index in [1.54, 1.807) is 18.1 Å². The Balaban J connectivity index is 1.26. The number of carbonyl (C=O) groups is 1. The quantitative estimate of drug-likeness (QED) is 0.317. The van der Waals surface area contributed by atoms with Gasteiger partial charge >= 0.3 is 5.97 Å². The summed E-state index contributed by atoms with van der Waals surface area (Å²) in [4.78, 5) is 11.6. The summed E-state index contributed by atoms with van der Waals surface area (Å²) >= 11 is 0. The second-order valence-corrected chi connectivity index (χ2v) is 13.7. The van der Waals surface area contributed by atoms with Gasteiger partial charge in [-0.3, -0.25) is 4.79 Å². The Morgan fingerprint density at radius 3 is 2.53 bits per heavy atom. The Hall–Kier alpha value is -0.870. The van der Waals surface area contributed by atoms with Gasteiger partial charge in [-0.2, -0.15) is 0 Å². The van der Waals surface area contributed by atoms with Crippen LogP contribution in [0.15, 0.2) is 11.1 Å². The van der Waals surface area contributed by atoms with Gasteiger partial charge in [-0.25, -0.2) is 0 Å². The number of allylic oxidation sites excluding steroid dienone is 1. The zero-order valence-corrected chi connectivity index (χ0v) is 22.3. The molecule has 0 aromatic heterocycles. The van der Waals surface area contributed by atoms with Gasteiger partial charge in [0, 0.05) is 25.7 Å². The molecule has 0 N–H and O–H groups in total. The van der Waals surface area contributed by atoms with Gasteiger partial charge in [0.2, 0.25) is 0 Å². The highest BCUT2D eigenvalue weighted by molar-refractivity contribution is 5.66. The molecule has 6 rings (SSSR count). The molecule has 4 heteroatoms. The summed E-state index contributed by atoms with van der Waals surface area (Å²) in [7, 11) is 0. The number of carbonyl (C=O) groups excluding carboxylic acids is 1. The highest BCUT2D eigenvalue weighted by atomic mass is 16.7. The molecule has 6 aliphatic rings. The van der Waals surface area contributed by atoms with E-state index in [0.29, 0.717) is 29.3 Å². The molecule has 2 saturated heterocycles. The second-order valence-electron chi connectivity index (χ2n) is 13.7. The van der Waals surface area contributed by atoms with Crippen molar-refractivity contribution in [2.45, 2.75) is 117 Å². The molecule has 0 radical (unpaired) electrons. The standard InChI is InChI=1S/C30H46O4/c1-17-7-12-30(32-16-17)19(3)27-26(34-30)15-25-22-13-18(2)24-14-21(33-20(4)31)8-10-28(24,5)23(22)9-11-29(25,27)6/h17,19,21-23,25-27H,7-16H2,1-6H3/t17-,19+,21+,22-,23+,25+,26-,27+,28-,29+,30-/m1/s1. The summed E-state index contributed by atoms with van der Waals surface area (Å²) in [5.74, 6) is 3.61. The smallest absolute Gasteiger partial charge is 0.302 e. The molecule has 0 unspecified atom stereocenters. The molecular formula is C30H46O4. The lowest BCUT2D eigenvalue weighted by Crippen LogP contribution is -2.53. The van der Waals surface area contributed by atoms with E-state index < -0.39 is 0 Å². The molecule has 2 aliphatic heterocycles. The van der Waals surface area contributed by atoms with Crippen molar-refractivity contribution in [2.75, 3.05) is 6.61 Å². The first-order chi connectivity index (χ1) is 16.1. The van der Waals surface area contributed by atoms with Crippen LogP contribution in [0.5, 0.6) is 0 Å². The first kappa shape index (κ1) is 23.5. The van der Waals surface area contributed by atoms with Crippen LogP contribution < -0.4 is 0 Å². The summed E-state index contributed by atoms with van der Waals surface area (Å²) in [5, 5.41) is 0. The Morgan fingerprint density at radius 1 is 1.03 bits per heavy atom. The molecule has 11 atom stereocenters. The molecule has 3 saturated carbocycles. The number of ether oxygens (including phenoxy) is 3. The summed E-state index contributed by atoms with van der Waals surface area (Å²) in [6.45, 7) is 14.7. The van der Waals surface area contributed by atoms with Crippen molar-refractivity contribution in [3.05, 3.63) is 11.1 Å². The molecular weight excluding hydrogens is 424 g/mol. The van der Waals surface area contributed by atoms with Gasteiger partial charge in [0.05, 0.1) is 12.7 Å². The number of rotatable bonds is 1. The van der Waals surface area contributed by atoms with Gasteiger partial charge in [-0.05, 0) is 92.3 Å². The van der Waals surface area contributed by atoms with Crippen molar-refractivity contribution in [1.82, 2.24) is 0 Å². The van der Waals surface area contributed by atoms with E-state index in [2.05, 4.69) is 34.6 Å². The summed E-state index contributed by atoms with van der Waals surface area (Å²) in [6.07, 6.45) is 11.0. The fourth-order valence-electron chi connectivity index (χ4n) is 10.4. The minimum Gasteiger partial charge on any atom is -0.462 e. The van der Waals surface area contributed by atoms with Gasteiger partial charge in [-0.15, -0.1) is 0 Å². The lowest BCUT2D eigenvalue weighted by molar-refractivity contribution is -0.272. The molecule has 190 valence electrons. The first-order valence-electron chi connectivity index (χ1n) is 14.3. The average Bonchev–Trinajstić information content (AvgIpc) is 3.22. The van der Waals surface area contributed by atoms with E-state index in [-0.39, 0.29) is 23.3 Å². The van der Waals surface area contributed by atoms with Gasteiger partial charge < -0.3 is 14.2 Å². The molecule has 5 fully saturated rings. The fraction of sp³-hybridized carbons (Fsp3) is 0.900. The number of hydrogen-bond donors (Lipinski definition) is 0. The van der Waals surface area contributed by atoms with E-state index >= 15 is 0 Å². The molecule has 0 aromatic carbocycles. The third kappa shape index (κ3) is 3.19. The number of esters is 1. The SMILES string of the molecule is CC(=O)O[C@H]1CC[C@@]2(C)C(=C(C)C[C@H]3[C@@H]4C[C@H]5O[C@]6(CC[C@@H](C)CO6)[C@@H](C)[C@@H]5[C@@]4(C)CC[C@@H]32)C1. The van der Waals surface area contributed by atoms with E-state index in [9.17, 15) is 4.79 Å². The van der Waals surface area contributed by atoms with Gasteiger partial charge in [-0.1, -0.05) is 38.8 Å². The Morgan fingerprint density at radius 2 is 1.82 bits per heavy atom. The van der Waals surface area contributed by atoms with E-state index in [4.69, 9.17) is 14.2 Å². The zero-order chi connectivity index (χ0) is 24.0.